The molecule has 1 N–H and O–H groups in total. The molecule has 0 spiro atoms. The van der Waals surface area contributed by atoms with Gasteiger partial charge in [-0.2, -0.15) is 0 Å². The number of hydrogen-bond acceptors (Lipinski definition) is 4. The number of para-hydroxylation sites is 1. The van der Waals surface area contributed by atoms with Gasteiger partial charge in [0.1, 0.15) is 5.75 Å². The number of ether oxygens (including phenoxy) is 1. The first kappa shape index (κ1) is 16.8. The van der Waals surface area contributed by atoms with Gasteiger partial charge in [0.25, 0.3) is 5.91 Å². The fourth-order valence-electron chi connectivity index (χ4n) is 2.68. The molecular formula is C15H22N2O4S. The maximum absolute atomic E-state index is 12.6. The number of hydrogen-bond donors (Lipinski definition) is 1. The van der Waals surface area contributed by atoms with Gasteiger partial charge in [-0.15, -0.1) is 0 Å². The molecule has 1 aromatic carbocycles. The zero-order valence-electron chi connectivity index (χ0n) is 12.9. The summed E-state index contributed by atoms with van der Waals surface area (Å²) in [6, 6.07) is 7.15. The average Bonchev–Trinajstić information content (AvgIpc) is 2.52. The van der Waals surface area contributed by atoms with E-state index in [2.05, 4.69) is 4.72 Å². The monoisotopic (exact) mass is 326 g/mol. The summed E-state index contributed by atoms with van der Waals surface area (Å²) in [7, 11) is -1.65. The number of sulfonamides is 1. The molecule has 122 valence electrons. The van der Waals surface area contributed by atoms with Gasteiger partial charge in [0.2, 0.25) is 10.0 Å². The average molecular weight is 326 g/mol. The zero-order valence-corrected chi connectivity index (χ0v) is 13.7. The smallest absolute Gasteiger partial charge is 0.257 e. The summed E-state index contributed by atoms with van der Waals surface area (Å²) in [5.41, 5.74) is 0.543. The van der Waals surface area contributed by atoms with Gasteiger partial charge in [0.15, 0.2) is 0 Å². The van der Waals surface area contributed by atoms with Crippen molar-refractivity contribution in [3.8, 4) is 5.75 Å². The van der Waals surface area contributed by atoms with Crippen molar-refractivity contribution in [2.45, 2.75) is 12.8 Å². The lowest BCUT2D eigenvalue weighted by atomic mass is 9.97. The van der Waals surface area contributed by atoms with E-state index in [9.17, 15) is 13.2 Å². The van der Waals surface area contributed by atoms with Crippen molar-refractivity contribution < 1.29 is 17.9 Å². The number of likely N-dealkylation sites (tertiary alicyclic amines) is 1. The van der Waals surface area contributed by atoms with Crippen LogP contribution in [0.3, 0.4) is 0 Å². The van der Waals surface area contributed by atoms with Crippen LogP contribution in [0, 0.1) is 5.92 Å². The van der Waals surface area contributed by atoms with Gasteiger partial charge in [0.05, 0.1) is 18.9 Å². The fraction of sp³-hybridized carbons (Fsp3) is 0.533. The molecule has 7 heteroatoms. The van der Waals surface area contributed by atoms with Crippen LogP contribution < -0.4 is 9.46 Å². The van der Waals surface area contributed by atoms with Crippen LogP contribution in [-0.4, -0.2) is 52.2 Å². The van der Waals surface area contributed by atoms with E-state index in [1.165, 1.54) is 0 Å². The van der Waals surface area contributed by atoms with Crippen molar-refractivity contribution in [1.82, 2.24) is 9.62 Å². The van der Waals surface area contributed by atoms with E-state index in [4.69, 9.17) is 4.74 Å². The highest BCUT2D eigenvalue weighted by atomic mass is 32.2. The first-order valence-corrected chi connectivity index (χ1v) is 9.17. The number of piperidine rings is 1. The van der Waals surface area contributed by atoms with Crippen LogP contribution in [-0.2, 0) is 10.0 Å². The quantitative estimate of drug-likeness (QED) is 0.879. The summed E-state index contributed by atoms with van der Waals surface area (Å²) >= 11 is 0. The third kappa shape index (κ3) is 4.45. The molecule has 22 heavy (non-hydrogen) atoms. The van der Waals surface area contributed by atoms with Crippen molar-refractivity contribution in [2.75, 3.05) is 33.0 Å². The second-order valence-corrected chi connectivity index (χ2v) is 7.41. The maximum Gasteiger partial charge on any atom is 0.257 e. The standard InChI is InChI=1S/C15H22N2O4S/c1-21-14-8-4-3-7-13(14)15(18)17-9-5-6-12(11-17)10-16-22(2,19)20/h3-4,7-8,12,16H,5-6,9-11H2,1-2H3/t12-/m1/s1. The molecule has 1 aliphatic rings. The number of amides is 1. The Hall–Kier alpha value is -1.60. The Kier molecular flexibility index (Phi) is 5.42. The second-order valence-electron chi connectivity index (χ2n) is 5.58. The van der Waals surface area contributed by atoms with Crippen LogP contribution in [0.4, 0.5) is 0 Å². The van der Waals surface area contributed by atoms with E-state index in [0.717, 1.165) is 19.1 Å². The topological polar surface area (TPSA) is 75.7 Å². The molecule has 1 saturated heterocycles. The first-order chi connectivity index (χ1) is 10.4. The second kappa shape index (κ2) is 7.11. The minimum atomic E-state index is -3.20. The molecule has 1 aliphatic heterocycles. The van der Waals surface area contributed by atoms with Crippen LogP contribution in [0.1, 0.15) is 23.2 Å². The lowest BCUT2D eigenvalue weighted by Gasteiger charge is -2.33. The summed E-state index contributed by atoms with van der Waals surface area (Å²) in [6.07, 6.45) is 2.93. The molecule has 1 heterocycles. The summed E-state index contributed by atoms with van der Waals surface area (Å²) in [6.45, 7) is 1.61. The van der Waals surface area contributed by atoms with Crippen molar-refractivity contribution in [2.24, 2.45) is 5.92 Å². The van der Waals surface area contributed by atoms with E-state index in [1.807, 2.05) is 12.1 Å². The Morgan fingerprint density at radius 3 is 2.82 bits per heavy atom. The predicted octanol–water partition coefficient (Wildman–Crippen LogP) is 1.10. The maximum atomic E-state index is 12.6. The summed E-state index contributed by atoms with van der Waals surface area (Å²) in [5, 5.41) is 0. The fourth-order valence-corrected chi connectivity index (χ4v) is 3.22. The molecular weight excluding hydrogens is 304 g/mol. The van der Waals surface area contributed by atoms with Gasteiger partial charge in [-0.25, -0.2) is 13.1 Å². The third-order valence-corrected chi connectivity index (χ3v) is 4.47. The van der Waals surface area contributed by atoms with Crippen LogP contribution in [0.5, 0.6) is 5.75 Å². The summed E-state index contributed by atoms with van der Waals surface area (Å²) < 4.78 is 30.1. The molecule has 1 aromatic rings. The van der Waals surface area contributed by atoms with E-state index < -0.39 is 10.0 Å². The molecule has 1 amide bonds. The summed E-state index contributed by atoms with van der Waals surface area (Å²) in [4.78, 5) is 14.4. The SMILES string of the molecule is COc1ccccc1C(=O)N1CCC[C@H](CNS(C)(=O)=O)C1. The van der Waals surface area contributed by atoms with E-state index in [0.29, 0.717) is 30.9 Å². The molecule has 0 saturated carbocycles. The lowest BCUT2D eigenvalue weighted by Crippen LogP contribution is -2.43. The molecule has 2 rings (SSSR count). The van der Waals surface area contributed by atoms with E-state index in [-0.39, 0.29) is 11.8 Å². The van der Waals surface area contributed by atoms with Crippen LogP contribution in [0.2, 0.25) is 0 Å². The highest BCUT2D eigenvalue weighted by Gasteiger charge is 2.26. The number of methoxy groups -OCH3 is 1. The number of nitrogens with one attached hydrogen (secondary N) is 1. The van der Waals surface area contributed by atoms with Gasteiger partial charge in [-0.3, -0.25) is 4.79 Å². The Morgan fingerprint density at radius 1 is 1.41 bits per heavy atom. The Bertz CT molecular complexity index is 630. The Morgan fingerprint density at radius 2 is 2.14 bits per heavy atom. The minimum absolute atomic E-state index is 0.0681. The number of nitrogens with zero attached hydrogens (tertiary/aromatic N) is 1. The van der Waals surface area contributed by atoms with Crippen molar-refractivity contribution in [3.05, 3.63) is 29.8 Å². The van der Waals surface area contributed by atoms with Crippen LogP contribution in [0.25, 0.3) is 0 Å². The van der Waals surface area contributed by atoms with Crippen LogP contribution in [0.15, 0.2) is 24.3 Å². The zero-order chi connectivity index (χ0) is 16.2. The number of rotatable bonds is 5. The van der Waals surface area contributed by atoms with E-state index in [1.54, 1.807) is 24.1 Å². The first-order valence-electron chi connectivity index (χ1n) is 7.27. The minimum Gasteiger partial charge on any atom is -0.496 e. The molecule has 0 aromatic heterocycles. The van der Waals surface area contributed by atoms with Gasteiger partial charge in [0, 0.05) is 19.6 Å². The van der Waals surface area contributed by atoms with Crippen molar-refractivity contribution >= 4 is 15.9 Å². The number of benzene rings is 1. The van der Waals surface area contributed by atoms with Gasteiger partial charge < -0.3 is 9.64 Å². The predicted molar refractivity (Wildman–Crippen MR) is 84.5 cm³/mol. The normalized spacial score (nSPS) is 19.0. The summed E-state index contributed by atoms with van der Waals surface area (Å²) in [5.74, 6) is 0.632. The van der Waals surface area contributed by atoms with Gasteiger partial charge in [-0.05, 0) is 30.9 Å². The Labute approximate surface area is 131 Å². The van der Waals surface area contributed by atoms with Crippen LogP contribution >= 0.6 is 0 Å². The highest BCUT2D eigenvalue weighted by Crippen LogP contribution is 2.23. The van der Waals surface area contributed by atoms with Gasteiger partial charge in [-0.1, -0.05) is 12.1 Å². The van der Waals surface area contributed by atoms with Crippen molar-refractivity contribution in [3.63, 3.8) is 0 Å². The molecule has 0 unspecified atom stereocenters. The molecule has 1 fully saturated rings. The molecule has 0 aliphatic carbocycles. The highest BCUT2D eigenvalue weighted by molar-refractivity contribution is 7.88. The molecule has 1 atom stereocenters. The molecule has 6 nitrogen and oxygen atoms in total. The molecule has 0 bridgehead atoms. The number of carbonyl (C=O) groups excluding carboxylic acids is 1. The molecule has 0 radical (unpaired) electrons. The largest absolute Gasteiger partial charge is 0.496 e. The van der Waals surface area contributed by atoms with E-state index >= 15 is 0 Å². The Balaban J connectivity index is 2.04. The third-order valence-electron chi connectivity index (χ3n) is 3.78. The van der Waals surface area contributed by atoms with Crippen molar-refractivity contribution in [1.29, 1.82) is 0 Å². The number of carbonyl (C=O) groups is 1. The van der Waals surface area contributed by atoms with Gasteiger partial charge >= 0.3 is 0 Å². The lowest BCUT2D eigenvalue weighted by molar-refractivity contribution is 0.0673.